The first-order chi connectivity index (χ1) is 12.0. The molecular weight excluding hydrogens is 343 g/mol. The van der Waals surface area contributed by atoms with E-state index in [1.807, 2.05) is 13.8 Å². The molecule has 0 spiro atoms. The first-order valence-corrected chi connectivity index (χ1v) is 8.72. The summed E-state index contributed by atoms with van der Waals surface area (Å²) in [6.45, 7) is 6.25. The number of hydrogen-bond acceptors (Lipinski definition) is 4. The second-order valence-corrected chi connectivity index (χ2v) is 6.94. The number of hydrogen-bond donors (Lipinski definition) is 0. The minimum Gasteiger partial charge on any atom is -0.356 e. The average Bonchev–Trinajstić information content (AvgIpc) is 2.84. The van der Waals surface area contributed by atoms with Gasteiger partial charge in [0.25, 0.3) is 5.91 Å². The number of aromatic nitrogens is 2. The van der Waals surface area contributed by atoms with E-state index in [1.54, 1.807) is 4.90 Å². The molecule has 0 N–H and O–H groups in total. The van der Waals surface area contributed by atoms with E-state index in [9.17, 15) is 9.18 Å². The number of halogens is 2. The Labute approximate surface area is 150 Å². The largest absolute Gasteiger partial charge is 0.356 e. The quantitative estimate of drug-likeness (QED) is 0.822. The third-order valence-electron chi connectivity index (χ3n) is 4.90. The van der Waals surface area contributed by atoms with Gasteiger partial charge in [-0.25, -0.2) is 14.4 Å². The molecule has 1 fully saturated rings. The summed E-state index contributed by atoms with van der Waals surface area (Å²) in [5, 5.41) is -0.0490. The predicted octanol–water partition coefficient (Wildman–Crippen LogP) is 3.50. The molecule has 7 heteroatoms. The Kier molecular flexibility index (Phi) is 3.87. The Morgan fingerprint density at radius 3 is 2.72 bits per heavy atom. The van der Waals surface area contributed by atoms with Crippen LogP contribution in [0.15, 0.2) is 18.2 Å². The molecule has 0 unspecified atom stereocenters. The van der Waals surface area contributed by atoms with Gasteiger partial charge in [-0.3, -0.25) is 4.79 Å². The lowest BCUT2D eigenvalue weighted by Gasteiger charge is -2.34. The molecule has 25 heavy (non-hydrogen) atoms. The van der Waals surface area contributed by atoms with Crippen LogP contribution in [-0.2, 0) is 6.54 Å². The molecule has 3 heterocycles. The number of benzene rings is 1. The first-order valence-electron chi connectivity index (χ1n) is 8.34. The zero-order valence-electron chi connectivity index (χ0n) is 14.1. The highest BCUT2D eigenvalue weighted by atomic mass is 35.5. The van der Waals surface area contributed by atoms with Crippen LogP contribution in [0.3, 0.4) is 0 Å². The number of nitrogens with zero attached hydrogens (tertiary/aromatic N) is 4. The van der Waals surface area contributed by atoms with Crippen LogP contribution in [0.2, 0.25) is 5.02 Å². The molecule has 2 aromatic rings. The van der Waals surface area contributed by atoms with Gasteiger partial charge in [-0.05, 0) is 38.5 Å². The van der Waals surface area contributed by atoms with Crippen LogP contribution in [-0.4, -0.2) is 33.9 Å². The van der Waals surface area contributed by atoms with Crippen molar-refractivity contribution in [3.63, 3.8) is 0 Å². The Morgan fingerprint density at radius 1 is 1.32 bits per heavy atom. The molecular formula is C18H18ClFN4O. The number of rotatable bonds is 2. The Hall–Kier alpha value is -2.21. The summed E-state index contributed by atoms with van der Waals surface area (Å²) in [7, 11) is 0. The summed E-state index contributed by atoms with van der Waals surface area (Å²) >= 11 is 5.83. The van der Waals surface area contributed by atoms with Crippen molar-refractivity contribution < 1.29 is 9.18 Å². The Balaban J connectivity index is 1.69. The molecule has 1 aromatic heterocycles. The molecule has 1 saturated heterocycles. The fourth-order valence-corrected chi connectivity index (χ4v) is 3.62. The van der Waals surface area contributed by atoms with Crippen molar-refractivity contribution in [2.75, 3.05) is 18.0 Å². The molecule has 5 nitrogen and oxygen atoms in total. The zero-order valence-corrected chi connectivity index (χ0v) is 14.8. The maximum atomic E-state index is 13.4. The van der Waals surface area contributed by atoms with E-state index in [-0.39, 0.29) is 17.0 Å². The lowest BCUT2D eigenvalue weighted by Crippen LogP contribution is -2.39. The zero-order chi connectivity index (χ0) is 17.7. The van der Waals surface area contributed by atoms with Gasteiger partial charge in [0, 0.05) is 24.2 Å². The number of anilines is 1. The summed E-state index contributed by atoms with van der Waals surface area (Å²) in [5.41, 5.74) is 2.29. The highest BCUT2D eigenvalue weighted by Crippen LogP contribution is 2.40. The van der Waals surface area contributed by atoms with Crippen molar-refractivity contribution in [3.05, 3.63) is 51.7 Å². The van der Waals surface area contributed by atoms with Gasteiger partial charge in [0.05, 0.1) is 23.3 Å². The number of aryl methyl sites for hydroxylation is 1. The minimum absolute atomic E-state index is 0.0490. The monoisotopic (exact) mass is 360 g/mol. The summed E-state index contributed by atoms with van der Waals surface area (Å²) in [5.74, 6) is 0.942. The molecule has 1 atom stereocenters. The topological polar surface area (TPSA) is 49.3 Å². The molecule has 0 aliphatic carbocycles. The SMILES string of the molecule is Cc1nc2c(c(N3CCC3)n1)[C@@H](C)N(C(=O)c1ccc(F)c(Cl)c1)C2. The van der Waals surface area contributed by atoms with Gasteiger partial charge in [-0.15, -0.1) is 0 Å². The molecule has 0 bridgehead atoms. The predicted molar refractivity (Wildman–Crippen MR) is 93.3 cm³/mol. The van der Waals surface area contributed by atoms with E-state index in [0.29, 0.717) is 17.9 Å². The van der Waals surface area contributed by atoms with Gasteiger partial charge in [0.1, 0.15) is 17.5 Å². The van der Waals surface area contributed by atoms with Crippen molar-refractivity contribution in [2.45, 2.75) is 32.9 Å². The van der Waals surface area contributed by atoms with E-state index in [1.165, 1.54) is 18.2 Å². The summed E-state index contributed by atoms with van der Waals surface area (Å²) in [6.07, 6.45) is 1.16. The summed E-state index contributed by atoms with van der Waals surface area (Å²) < 4.78 is 13.4. The number of carbonyl (C=O) groups is 1. The summed E-state index contributed by atoms with van der Waals surface area (Å²) in [6, 6.07) is 3.93. The second kappa shape index (κ2) is 5.95. The van der Waals surface area contributed by atoms with E-state index in [0.717, 1.165) is 36.6 Å². The highest BCUT2D eigenvalue weighted by molar-refractivity contribution is 6.31. The smallest absolute Gasteiger partial charge is 0.254 e. The maximum absolute atomic E-state index is 13.4. The van der Waals surface area contributed by atoms with E-state index in [4.69, 9.17) is 11.6 Å². The molecule has 2 aliphatic heterocycles. The number of amides is 1. The fourth-order valence-electron chi connectivity index (χ4n) is 3.44. The van der Waals surface area contributed by atoms with Gasteiger partial charge < -0.3 is 9.80 Å². The van der Waals surface area contributed by atoms with Crippen molar-refractivity contribution in [2.24, 2.45) is 0 Å². The second-order valence-electron chi connectivity index (χ2n) is 6.53. The number of carbonyl (C=O) groups excluding carboxylic acids is 1. The Morgan fingerprint density at radius 2 is 2.08 bits per heavy atom. The van der Waals surface area contributed by atoms with Gasteiger partial charge in [-0.2, -0.15) is 0 Å². The maximum Gasteiger partial charge on any atom is 0.254 e. The Bertz CT molecular complexity index is 868. The summed E-state index contributed by atoms with van der Waals surface area (Å²) in [4.78, 5) is 26.1. The third-order valence-corrected chi connectivity index (χ3v) is 5.19. The molecule has 4 rings (SSSR count). The standard InChI is InChI=1S/C18H18ClFN4O/c1-10-16-15(21-11(2)22-17(16)23-6-3-7-23)9-24(10)18(25)12-4-5-14(20)13(19)8-12/h4-5,8,10H,3,6-7,9H2,1-2H3/t10-/m1/s1. The minimum atomic E-state index is -0.530. The van der Waals surface area contributed by atoms with Crippen molar-refractivity contribution in [3.8, 4) is 0 Å². The van der Waals surface area contributed by atoms with Crippen molar-refractivity contribution in [1.82, 2.24) is 14.9 Å². The first kappa shape index (κ1) is 16.3. The van der Waals surface area contributed by atoms with Gasteiger partial charge in [-0.1, -0.05) is 11.6 Å². The van der Waals surface area contributed by atoms with Crippen LogP contribution in [0.1, 0.15) is 46.8 Å². The molecule has 1 aromatic carbocycles. The normalized spacial score (nSPS) is 19.0. The van der Waals surface area contributed by atoms with Crippen molar-refractivity contribution in [1.29, 1.82) is 0 Å². The molecule has 0 radical (unpaired) electrons. The lowest BCUT2D eigenvalue weighted by atomic mass is 10.1. The van der Waals surface area contributed by atoms with Crippen LogP contribution < -0.4 is 4.90 Å². The van der Waals surface area contributed by atoms with Crippen molar-refractivity contribution >= 4 is 23.3 Å². The van der Waals surface area contributed by atoms with Crippen LogP contribution in [0.4, 0.5) is 10.2 Å². The van der Waals surface area contributed by atoms with E-state index in [2.05, 4.69) is 14.9 Å². The van der Waals surface area contributed by atoms with Crippen LogP contribution in [0.25, 0.3) is 0 Å². The van der Waals surface area contributed by atoms with Gasteiger partial charge in [0.15, 0.2) is 0 Å². The molecule has 130 valence electrons. The highest BCUT2D eigenvalue weighted by Gasteiger charge is 2.37. The van der Waals surface area contributed by atoms with E-state index < -0.39 is 5.82 Å². The van der Waals surface area contributed by atoms with Crippen LogP contribution >= 0.6 is 11.6 Å². The fraction of sp³-hybridized carbons (Fsp3) is 0.389. The van der Waals surface area contributed by atoms with Crippen LogP contribution in [0.5, 0.6) is 0 Å². The molecule has 0 saturated carbocycles. The molecule has 1 amide bonds. The van der Waals surface area contributed by atoms with E-state index >= 15 is 0 Å². The molecule has 2 aliphatic rings. The average molecular weight is 361 g/mol. The van der Waals surface area contributed by atoms with Gasteiger partial charge in [0.2, 0.25) is 0 Å². The van der Waals surface area contributed by atoms with Crippen LogP contribution in [0, 0.1) is 12.7 Å². The lowest BCUT2D eigenvalue weighted by molar-refractivity contribution is 0.0704. The number of fused-ring (bicyclic) bond motifs is 1. The van der Waals surface area contributed by atoms with Gasteiger partial charge >= 0.3 is 0 Å². The third kappa shape index (κ3) is 2.65.